The number of ether oxygens (including phenoxy) is 2. The third-order valence-electron chi connectivity index (χ3n) is 5.12. The van der Waals surface area contributed by atoms with Gasteiger partial charge in [-0.05, 0) is 42.7 Å². The van der Waals surface area contributed by atoms with Gasteiger partial charge in [-0.2, -0.15) is 0 Å². The Morgan fingerprint density at radius 1 is 1.18 bits per heavy atom. The third kappa shape index (κ3) is 3.44. The molecule has 2 aliphatic rings. The molecule has 28 heavy (non-hydrogen) atoms. The van der Waals surface area contributed by atoms with Crippen LogP contribution in [0.4, 0.5) is 0 Å². The monoisotopic (exact) mass is 412 g/mol. The molecule has 0 saturated carbocycles. The van der Waals surface area contributed by atoms with Gasteiger partial charge in [0.25, 0.3) is 0 Å². The zero-order chi connectivity index (χ0) is 18.9. The normalized spacial score (nSPS) is 18.6. The molecular weight excluding hydrogens is 392 g/mol. The second-order valence-electron chi connectivity index (χ2n) is 6.88. The lowest BCUT2D eigenvalue weighted by atomic mass is 10.0. The highest BCUT2D eigenvalue weighted by Gasteiger charge is 2.31. The zero-order valence-electron chi connectivity index (χ0n) is 15.3. The van der Waals surface area contributed by atoms with Gasteiger partial charge in [-0.1, -0.05) is 30.0 Å². The first kappa shape index (κ1) is 17.8. The van der Waals surface area contributed by atoms with Crippen LogP contribution in [-0.4, -0.2) is 41.3 Å². The molecule has 2 aliphatic heterocycles. The lowest BCUT2D eigenvalue weighted by Crippen LogP contribution is -2.32. The summed E-state index contributed by atoms with van der Waals surface area (Å²) in [6.45, 7) is 1.96. The maximum absolute atomic E-state index is 12.9. The van der Waals surface area contributed by atoms with Crippen LogP contribution < -0.4 is 9.47 Å². The lowest BCUT2D eigenvalue weighted by Gasteiger charge is -2.26. The van der Waals surface area contributed by atoms with Crippen molar-refractivity contribution < 1.29 is 14.3 Å². The molecule has 0 aliphatic carbocycles. The predicted molar refractivity (Wildman–Crippen MR) is 111 cm³/mol. The molecular formula is C21H20N2O3S2. The minimum absolute atomic E-state index is 0.110. The summed E-state index contributed by atoms with van der Waals surface area (Å²) in [6.07, 6.45) is 2.01. The molecule has 1 saturated heterocycles. The maximum Gasteiger partial charge on any atom is 0.233 e. The van der Waals surface area contributed by atoms with Crippen molar-refractivity contribution in [2.45, 2.75) is 23.2 Å². The predicted octanol–water partition coefficient (Wildman–Crippen LogP) is 4.52. The van der Waals surface area contributed by atoms with Crippen molar-refractivity contribution in [2.24, 2.45) is 0 Å². The Labute approximate surface area is 171 Å². The lowest BCUT2D eigenvalue weighted by molar-refractivity contribution is -0.129. The number of likely N-dealkylation sites (tertiary alicyclic amines) is 1. The van der Waals surface area contributed by atoms with Crippen LogP contribution in [0, 0.1) is 0 Å². The maximum atomic E-state index is 12.9. The van der Waals surface area contributed by atoms with Gasteiger partial charge in [0.2, 0.25) is 5.91 Å². The summed E-state index contributed by atoms with van der Waals surface area (Å²) in [6, 6.07) is 14.2. The number of rotatable bonds is 4. The SMILES string of the molecule is O=C(CSc1nc2ccccc2s1)N1CCC[C@H]1c1ccc2c(c1)OCCO2. The Hall–Kier alpha value is -2.25. The van der Waals surface area contributed by atoms with Gasteiger partial charge in [0, 0.05) is 6.54 Å². The first-order valence-electron chi connectivity index (χ1n) is 9.45. The van der Waals surface area contributed by atoms with Crippen LogP contribution in [0.25, 0.3) is 10.2 Å². The van der Waals surface area contributed by atoms with E-state index in [1.54, 1.807) is 11.3 Å². The summed E-state index contributed by atoms with van der Waals surface area (Å²) in [5.41, 5.74) is 2.12. The van der Waals surface area contributed by atoms with Gasteiger partial charge in [-0.25, -0.2) is 4.98 Å². The van der Waals surface area contributed by atoms with Crippen LogP contribution in [0.3, 0.4) is 0 Å². The van der Waals surface area contributed by atoms with Crippen molar-refractivity contribution in [3.05, 3.63) is 48.0 Å². The molecule has 1 fully saturated rings. The molecule has 1 atom stereocenters. The first-order valence-corrected chi connectivity index (χ1v) is 11.3. The highest BCUT2D eigenvalue weighted by Crippen LogP contribution is 2.38. The standard InChI is InChI=1S/C21H20N2O3S2/c24-20(13-27-21-22-15-4-1-2-6-19(15)28-21)23-9-3-5-16(23)14-7-8-17-18(12-14)26-11-10-25-17/h1-2,4,6-8,12,16H,3,5,9-11,13H2/t16-/m0/s1. The van der Waals surface area contributed by atoms with E-state index in [9.17, 15) is 4.79 Å². The van der Waals surface area contributed by atoms with Crippen LogP contribution >= 0.6 is 23.1 Å². The van der Waals surface area contributed by atoms with Gasteiger partial charge < -0.3 is 14.4 Å². The fraction of sp³-hybridized carbons (Fsp3) is 0.333. The van der Waals surface area contributed by atoms with Gasteiger partial charge >= 0.3 is 0 Å². The van der Waals surface area contributed by atoms with Crippen molar-refractivity contribution in [1.82, 2.24) is 9.88 Å². The molecule has 0 bridgehead atoms. The van der Waals surface area contributed by atoms with Crippen molar-refractivity contribution in [3.8, 4) is 11.5 Å². The largest absolute Gasteiger partial charge is 0.486 e. The second-order valence-corrected chi connectivity index (χ2v) is 9.14. The van der Waals surface area contributed by atoms with Gasteiger partial charge in [0.15, 0.2) is 15.8 Å². The van der Waals surface area contributed by atoms with Crippen molar-refractivity contribution in [2.75, 3.05) is 25.5 Å². The quantitative estimate of drug-likeness (QED) is 0.590. The molecule has 0 unspecified atom stereocenters. The van der Waals surface area contributed by atoms with Crippen molar-refractivity contribution >= 4 is 39.2 Å². The molecule has 0 spiro atoms. The van der Waals surface area contributed by atoms with Crippen molar-refractivity contribution in [1.29, 1.82) is 0 Å². The van der Waals surface area contributed by atoms with E-state index in [2.05, 4.69) is 17.1 Å². The van der Waals surface area contributed by atoms with Gasteiger partial charge in [0.1, 0.15) is 13.2 Å². The average Bonchev–Trinajstić information content (AvgIpc) is 3.38. The summed E-state index contributed by atoms with van der Waals surface area (Å²) in [4.78, 5) is 19.6. The number of benzene rings is 2. The number of hydrogen-bond acceptors (Lipinski definition) is 6. The third-order valence-corrected chi connectivity index (χ3v) is 7.28. The molecule has 5 nitrogen and oxygen atoms in total. The Morgan fingerprint density at radius 3 is 2.93 bits per heavy atom. The molecule has 3 aromatic rings. The van der Waals surface area contributed by atoms with E-state index >= 15 is 0 Å². The van der Waals surface area contributed by atoms with Gasteiger partial charge in [-0.15, -0.1) is 11.3 Å². The Bertz CT molecular complexity index is 987. The van der Waals surface area contributed by atoms with E-state index in [-0.39, 0.29) is 11.9 Å². The van der Waals surface area contributed by atoms with Crippen LogP contribution in [0.1, 0.15) is 24.4 Å². The number of hydrogen-bond donors (Lipinski definition) is 0. The molecule has 0 radical (unpaired) electrons. The minimum Gasteiger partial charge on any atom is -0.486 e. The van der Waals surface area contributed by atoms with Crippen LogP contribution in [-0.2, 0) is 4.79 Å². The molecule has 144 valence electrons. The molecule has 3 heterocycles. The summed E-state index contributed by atoms with van der Waals surface area (Å²) >= 11 is 3.18. The number of nitrogens with zero attached hydrogens (tertiary/aromatic N) is 2. The van der Waals surface area contributed by atoms with E-state index in [1.165, 1.54) is 11.8 Å². The van der Waals surface area contributed by atoms with Crippen LogP contribution in [0.5, 0.6) is 11.5 Å². The Morgan fingerprint density at radius 2 is 2.04 bits per heavy atom. The number of thioether (sulfide) groups is 1. The first-order chi connectivity index (χ1) is 13.8. The Balaban J connectivity index is 1.28. The Kier molecular flexibility index (Phi) is 4.86. The van der Waals surface area contributed by atoms with E-state index in [1.807, 2.05) is 35.2 Å². The smallest absolute Gasteiger partial charge is 0.233 e. The summed E-state index contributed by atoms with van der Waals surface area (Å²) in [5.74, 6) is 2.16. The number of para-hydroxylation sites is 1. The van der Waals surface area contributed by atoms with E-state index in [0.717, 1.165) is 51.0 Å². The topological polar surface area (TPSA) is 51.7 Å². The van der Waals surface area contributed by atoms with E-state index in [0.29, 0.717) is 19.0 Å². The number of amides is 1. The van der Waals surface area contributed by atoms with Gasteiger partial charge in [0.05, 0.1) is 22.0 Å². The second kappa shape index (κ2) is 7.64. The molecule has 1 aromatic heterocycles. The summed E-state index contributed by atoms with van der Waals surface area (Å²) in [5, 5.41) is 0. The zero-order valence-corrected chi connectivity index (χ0v) is 16.9. The number of thiazole rings is 1. The summed E-state index contributed by atoms with van der Waals surface area (Å²) in [7, 11) is 0. The van der Waals surface area contributed by atoms with Crippen LogP contribution in [0.2, 0.25) is 0 Å². The summed E-state index contributed by atoms with van der Waals surface area (Å²) < 4.78 is 13.4. The van der Waals surface area contributed by atoms with Crippen molar-refractivity contribution in [3.63, 3.8) is 0 Å². The van der Waals surface area contributed by atoms with Crippen LogP contribution in [0.15, 0.2) is 46.8 Å². The number of carbonyl (C=O) groups is 1. The van der Waals surface area contributed by atoms with E-state index in [4.69, 9.17) is 9.47 Å². The number of fused-ring (bicyclic) bond motifs is 2. The molecule has 7 heteroatoms. The van der Waals surface area contributed by atoms with Gasteiger partial charge in [-0.3, -0.25) is 4.79 Å². The highest BCUT2D eigenvalue weighted by atomic mass is 32.2. The molecule has 1 amide bonds. The van der Waals surface area contributed by atoms with E-state index < -0.39 is 0 Å². The highest BCUT2D eigenvalue weighted by molar-refractivity contribution is 8.01. The fourth-order valence-corrected chi connectivity index (χ4v) is 5.75. The number of carbonyl (C=O) groups excluding carboxylic acids is 1. The molecule has 2 aromatic carbocycles. The number of aromatic nitrogens is 1. The molecule has 0 N–H and O–H groups in total. The minimum atomic E-state index is 0.110. The fourth-order valence-electron chi connectivity index (χ4n) is 3.80. The molecule has 5 rings (SSSR count). The average molecular weight is 413 g/mol.